The topological polar surface area (TPSA) is 95.6 Å². The summed E-state index contributed by atoms with van der Waals surface area (Å²) in [5.74, 6) is 2.70. The lowest BCUT2D eigenvalue weighted by Crippen LogP contribution is -2.17. The van der Waals surface area contributed by atoms with E-state index in [4.69, 9.17) is 6.42 Å². The van der Waals surface area contributed by atoms with E-state index >= 15 is 0 Å². The van der Waals surface area contributed by atoms with Gasteiger partial charge in [0.05, 0.1) is 6.33 Å². The van der Waals surface area contributed by atoms with Crippen LogP contribution >= 0.6 is 0 Å². The number of fused-ring (bicyclic) bond motifs is 1. The first-order chi connectivity index (χ1) is 10.7. The van der Waals surface area contributed by atoms with Crippen molar-refractivity contribution in [1.29, 1.82) is 0 Å². The van der Waals surface area contributed by atoms with E-state index in [9.17, 15) is 4.79 Å². The Kier molecular flexibility index (Phi) is 3.42. The number of terminal acetylenes is 1. The fourth-order valence-corrected chi connectivity index (χ4v) is 1.97. The summed E-state index contributed by atoms with van der Waals surface area (Å²) in [4.78, 5) is 27.0. The van der Waals surface area contributed by atoms with E-state index in [-0.39, 0.29) is 5.91 Å². The van der Waals surface area contributed by atoms with E-state index in [0.717, 1.165) is 5.69 Å². The number of aromatic nitrogens is 4. The average Bonchev–Trinajstić information content (AvgIpc) is 3.02. The highest BCUT2D eigenvalue weighted by molar-refractivity contribution is 5.94. The molecule has 3 rings (SSSR count). The Morgan fingerprint density at radius 2 is 2.05 bits per heavy atom. The Balaban J connectivity index is 1.90. The Labute approximate surface area is 126 Å². The van der Waals surface area contributed by atoms with Crippen LogP contribution in [0.1, 0.15) is 16.1 Å². The number of hydrogen-bond donors (Lipinski definition) is 3. The molecule has 0 saturated carbocycles. The van der Waals surface area contributed by atoms with Crippen molar-refractivity contribution in [2.45, 2.75) is 0 Å². The third-order valence-corrected chi connectivity index (χ3v) is 3.05. The molecule has 0 atom stereocenters. The SMILES string of the molecule is C#Cc1nc(Nc2ccc(C(=O)NC)cc2)nc2nc[nH]c12. The first kappa shape index (κ1) is 13.6. The van der Waals surface area contributed by atoms with Crippen LogP contribution in [-0.2, 0) is 0 Å². The van der Waals surface area contributed by atoms with Gasteiger partial charge in [-0.05, 0) is 30.2 Å². The number of carbonyl (C=O) groups excluding carboxylic acids is 1. The van der Waals surface area contributed by atoms with Crippen molar-refractivity contribution in [2.75, 3.05) is 12.4 Å². The van der Waals surface area contributed by atoms with E-state index < -0.39 is 0 Å². The Morgan fingerprint density at radius 3 is 2.73 bits per heavy atom. The lowest BCUT2D eigenvalue weighted by Gasteiger charge is -2.06. The minimum Gasteiger partial charge on any atom is -0.355 e. The normalized spacial score (nSPS) is 10.2. The van der Waals surface area contributed by atoms with Gasteiger partial charge in [-0.25, -0.2) is 9.97 Å². The van der Waals surface area contributed by atoms with E-state index in [1.807, 2.05) is 0 Å². The molecule has 0 saturated heterocycles. The van der Waals surface area contributed by atoms with E-state index in [0.29, 0.717) is 28.4 Å². The molecule has 7 heteroatoms. The molecule has 0 fully saturated rings. The molecular weight excluding hydrogens is 280 g/mol. The Hall–Kier alpha value is -3.40. The number of amides is 1. The number of rotatable bonds is 3. The lowest BCUT2D eigenvalue weighted by atomic mass is 10.2. The van der Waals surface area contributed by atoms with Gasteiger partial charge in [0.1, 0.15) is 11.2 Å². The van der Waals surface area contributed by atoms with Crippen LogP contribution in [0, 0.1) is 12.3 Å². The number of benzene rings is 1. The average molecular weight is 292 g/mol. The largest absolute Gasteiger partial charge is 0.355 e. The molecule has 2 heterocycles. The molecule has 0 unspecified atom stereocenters. The number of H-pyrrole nitrogens is 1. The van der Waals surface area contributed by atoms with Crippen molar-refractivity contribution in [3.05, 3.63) is 41.9 Å². The predicted octanol–water partition coefficient (Wildman–Crippen LogP) is 1.44. The van der Waals surface area contributed by atoms with Gasteiger partial charge in [0.2, 0.25) is 5.95 Å². The Bertz CT molecular complexity index is 875. The zero-order chi connectivity index (χ0) is 15.5. The smallest absolute Gasteiger partial charge is 0.251 e. The van der Waals surface area contributed by atoms with Crippen LogP contribution in [0.5, 0.6) is 0 Å². The number of aromatic amines is 1. The van der Waals surface area contributed by atoms with Gasteiger partial charge in [0.25, 0.3) is 5.91 Å². The van der Waals surface area contributed by atoms with Gasteiger partial charge in [-0.1, -0.05) is 0 Å². The summed E-state index contributed by atoms with van der Waals surface area (Å²) >= 11 is 0. The van der Waals surface area contributed by atoms with Gasteiger partial charge in [-0.15, -0.1) is 6.42 Å². The molecule has 108 valence electrons. The molecule has 1 amide bonds. The first-order valence-electron chi connectivity index (χ1n) is 6.48. The maximum absolute atomic E-state index is 11.5. The van der Waals surface area contributed by atoms with Crippen LogP contribution in [0.2, 0.25) is 0 Å². The van der Waals surface area contributed by atoms with Crippen LogP contribution in [0.4, 0.5) is 11.6 Å². The predicted molar refractivity (Wildman–Crippen MR) is 82.7 cm³/mol. The molecular formula is C15H12N6O. The molecule has 0 radical (unpaired) electrons. The molecule has 7 nitrogen and oxygen atoms in total. The summed E-state index contributed by atoms with van der Waals surface area (Å²) < 4.78 is 0. The number of anilines is 2. The van der Waals surface area contributed by atoms with Crippen LogP contribution in [0.15, 0.2) is 30.6 Å². The fraction of sp³-hybridized carbons (Fsp3) is 0.0667. The van der Waals surface area contributed by atoms with Crippen LogP contribution in [0.25, 0.3) is 11.2 Å². The molecule has 22 heavy (non-hydrogen) atoms. The van der Waals surface area contributed by atoms with Crippen LogP contribution in [-0.4, -0.2) is 32.9 Å². The molecule has 0 spiro atoms. The minimum atomic E-state index is -0.143. The van der Waals surface area contributed by atoms with Gasteiger partial charge < -0.3 is 15.6 Å². The number of carbonyl (C=O) groups is 1. The van der Waals surface area contributed by atoms with E-state index in [1.165, 1.54) is 6.33 Å². The summed E-state index contributed by atoms with van der Waals surface area (Å²) in [6, 6.07) is 6.93. The number of nitrogens with zero attached hydrogens (tertiary/aromatic N) is 3. The summed E-state index contributed by atoms with van der Waals surface area (Å²) in [5, 5.41) is 5.61. The zero-order valence-corrected chi connectivity index (χ0v) is 11.7. The molecule has 3 N–H and O–H groups in total. The van der Waals surface area contributed by atoms with E-state index in [2.05, 4.69) is 36.5 Å². The van der Waals surface area contributed by atoms with Crippen molar-refractivity contribution in [1.82, 2.24) is 25.3 Å². The fourth-order valence-electron chi connectivity index (χ4n) is 1.97. The molecule has 0 aliphatic carbocycles. The van der Waals surface area contributed by atoms with Gasteiger partial charge in [-0.3, -0.25) is 4.79 Å². The molecule has 2 aromatic heterocycles. The van der Waals surface area contributed by atoms with Crippen molar-refractivity contribution >= 4 is 28.7 Å². The third kappa shape index (κ3) is 2.45. The molecule has 0 aliphatic heterocycles. The van der Waals surface area contributed by atoms with Crippen LogP contribution < -0.4 is 10.6 Å². The van der Waals surface area contributed by atoms with Gasteiger partial charge in [0.15, 0.2) is 5.65 Å². The number of nitrogens with one attached hydrogen (secondary N) is 3. The second-order valence-corrected chi connectivity index (χ2v) is 4.42. The zero-order valence-electron chi connectivity index (χ0n) is 11.7. The summed E-state index contributed by atoms with van der Waals surface area (Å²) in [7, 11) is 1.59. The molecule has 0 bridgehead atoms. The maximum Gasteiger partial charge on any atom is 0.251 e. The third-order valence-electron chi connectivity index (χ3n) is 3.05. The molecule has 0 aliphatic rings. The summed E-state index contributed by atoms with van der Waals surface area (Å²) in [5.41, 5.74) is 2.87. The van der Waals surface area contributed by atoms with Gasteiger partial charge in [0, 0.05) is 18.3 Å². The van der Waals surface area contributed by atoms with Gasteiger partial charge >= 0.3 is 0 Å². The lowest BCUT2D eigenvalue weighted by molar-refractivity contribution is 0.0963. The van der Waals surface area contributed by atoms with Crippen LogP contribution in [0.3, 0.4) is 0 Å². The second kappa shape index (κ2) is 5.54. The number of imidazole rings is 1. The number of hydrogen-bond acceptors (Lipinski definition) is 5. The highest BCUT2D eigenvalue weighted by Crippen LogP contribution is 2.17. The highest BCUT2D eigenvalue weighted by Gasteiger charge is 2.09. The molecule has 1 aromatic carbocycles. The van der Waals surface area contributed by atoms with Gasteiger partial charge in [-0.2, -0.15) is 4.98 Å². The maximum atomic E-state index is 11.5. The van der Waals surface area contributed by atoms with E-state index in [1.54, 1.807) is 31.3 Å². The monoisotopic (exact) mass is 292 g/mol. The standard InChI is InChI=1S/C15H12N6O/c1-3-11-12-13(18-8-17-12)21-15(20-11)19-10-6-4-9(5-7-10)14(22)16-2/h1,4-8H,2H3,(H,16,22)(H2,17,18,19,20,21). The van der Waals surface area contributed by atoms with Crippen molar-refractivity contribution in [3.63, 3.8) is 0 Å². The quantitative estimate of drug-likeness (QED) is 0.635. The van der Waals surface area contributed by atoms with Crippen molar-refractivity contribution in [2.24, 2.45) is 0 Å². The minimum absolute atomic E-state index is 0.143. The Morgan fingerprint density at radius 1 is 1.27 bits per heavy atom. The van der Waals surface area contributed by atoms with Crippen molar-refractivity contribution in [3.8, 4) is 12.3 Å². The summed E-state index contributed by atoms with van der Waals surface area (Å²) in [6.07, 6.45) is 6.96. The highest BCUT2D eigenvalue weighted by atomic mass is 16.1. The summed E-state index contributed by atoms with van der Waals surface area (Å²) in [6.45, 7) is 0. The van der Waals surface area contributed by atoms with Crippen molar-refractivity contribution < 1.29 is 4.79 Å². The molecule has 3 aromatic rings. The second-order valence-electron chi connectivity index (χ2n) is 4.42. The first-order valence-corrected chi connectivity index (χ1v) is 6.48.